The Kier molecular flexibility index (Phi) is 3.01. The van der Waals surface area contributed by atoms with Crippen LogP contribution in [0.2, 0.25) is 0 Å². The van der Waals surface area contributed by atoms with Crippen LogP contribution in [0.25, 0.3) is 0 Å². The van der Waals surface area contributed by atoms with Crippen molar-refractivity contribution in [2.75, 3.05) is 26.2 Å². The summed E-state index contributed by atoms with van der Waals surface area (Å²) in [5.41, 5.74) is 0.722. The van der Waals surface area contributed by atoms with Gasteiger partial charge in [0.1, 0.15) is 0 Å². The van der Waals surface area contributed by atoms with Crippen LogP contribution >= 0.6 is 0 Å². The van der Waals surface area contributed by atoms with Crippen molar-refractivity contribution < 1.29 is 23.1 Å². The van der Waals surface area contributed by atoms with Crippen LogP contribution in [0.3, 0.4) is 0 Å². The smallest absolute Gasteiger partial charge is 0.475 e. The molecule has 3 N–H and O–H groups in total. The first-order valence-electron chi connectivity index (χ1n) is 4.07. The minimum Gasteiger partial charge on any atom is -0.475 e. The monoisotopic (exact) mass is 212 g/mol. The quantitative estimate of drug-likeness (QED) is 0.521. The van der Waals surface area contributed by atoms with Crippen molar-refractivity contribution in [3.8, 4) is 0 Å². The zero-order chi connectivity index (χ0) is 10.8. The molecular weight excluding hydrogens is 201 g/mol. The van der Waals surface area contributed by atoms with Gasteiger partial charge in [-0.15, -0.1) is 0 Å². The lowest BCUT2D eigenvalue weighted by molar-refractivity contribution is -0.192. The van der Waals surface area contributed by atoms with Crippen molar-refractivity contribution in [2.24, 2.45) is 5.41 Å². The number of carbonyl (C=O) groups is 1. The number of alkyl halides is 3. The van der Waals surface area contributed by atoms with Crippen molar-refractivity contribution in [1.82, 2.24) is 10.6 Å². The molecule has 7 heteroatoms. The minimum atomic E-state index is -5.08. The molecular formula is C7H11F3N2O2. The van der Waals surface area contributed by atoms with Crippen molar-refractivity contribution in [2.45, 2.75) is 6.18 Å². The van der Waals surface area contributed by atoms with E-state index in [1.54, 1.807) is 0 Å². The van der Waals surface area contributed by atoms with Crippen LogP contribution in [0, 0.1) is 5.41 Å². The molecule has 0 aliphatic carbocycles. The molecule has 0 aromatic carbocycles. The summed E-state index contributed by atoms with van der Waals surface area (Å²) in [5.74, 6) is -2.76. The van der Waals surface area contributed by atoms with Crippen LogP contribution < -0.4 is 10.6 Å². The van der Waals surface area contributed by atoms with Gasteiger partial charge in [-0.3, -0.25) is 0 Å². The number of hydrogen-bond acceptors (Lipinski definition) is 3. The highest BCUT2D eigenvalue weighted by atomic mass is 19.4. The summed E-state index contributed by atoms with van der Waals surface area (Å²) in [6, 6.07) is 0. The van der Waals surface area contributed by atoms with Gasteiger partial charge in [-0.05, 0) is 0 Å². The lowest BCUT2D eigenvalue weighted by atomic mass is 9.76. The third kappa shape index (κ3) is 2.58. The van der Waals surface area contributed by atoms with E-state index in [-0.39, 0.29) is 0 Å². The lowest BCUT2D eigenvalue weighted by Gasteiger charge is -2.50. The Labute approximate surface area is 78.5 Å². The van der Waals surface area contributed by atoms with Crippen molar-refractivity contribution in [3.05, 3.63) is 0 Å². The molecule has 0 aromatic heterocycles. The van der Waals surface area contributed by atoms with E-state index in [1.165, 1.54) is 26.2 Å². The van der Waals surface area contributed by atoms with E-state index in [0.717, 1.165) is 5.41 Å². The summed E-state index contributed by atoms with van der Waals surface area (Å²) < 4.78 is 31.7. The molecule has 2 rings (SSSR count). The average molecular weight is 212 g/mol. The van der Waals surface area contributed by atoms with Crippen LogP contribution in [0.4, 0.5) is 13.2 Å². The van der Waals surface area contributed by atoms with Crippen LogP contribution in [-0.2, 0) is 4.79 Å². The van der Waals surface area contributed by atoms with E-state index in [1.807, 2.05) is 0 Å². The fourth-order valence-electron chi connectivity index (χ4n) is 1.21. The van der Waals surface area contributed by atoms with E-state index >= 15 is 0 Å². The van der Waals surface area contributed by atoms with Gasteiger partial charge in [0.05, 0.1) is 0 Å². The number of aliphatic carboxylic acids is 1. The van der Waals surface area contributed by atoms with Gasteiger partial charge >= 0.3 is 12.1 Å². The summed E-state index contributed by atoms with van der Waals surface area (Å²) in [6.45, 7) is 5.00. The summed E-state index contributed by atoms with van der Waals surface area (Å²) in [7, 11) is 0. The zero-order valence-corrected chi connectivity index (χ0v) is 7.32. The van der Waals surface area contributed by atoms with Crippen LogP contribution in [0.1, 0.15) is 0 Å². The molecule has 2 fully saturated rings. The highest BCUT2D eigenvalue weighted by molar-refractivity contribution is 5.73. The van der Waals surface area contributed by atoms with Gasteiger partial charge < -0.3 is 15.7 Å². The molecule has 1 spiro atoms. The average Bonchev–Trinajstić information content (AvgIpc) is 1.77. The molecule has 0 amide bonds. The molecule has 0 radical (unpaired) electrons. The molecule has 2 heterocycles. The van der Waals surface area contributed by atoms with E-state index < -0.39 is 12.1 Å². The molecule has 0 atom stereocenters. The Morgan fingerprint density at radius 2 is 1.43 bits per heavy atom. The van der Waals surface area contributed by atoms with Crippen LogP contribution in [-0.4, -0.2) is 43.4 Å². The number of halogens is 3. The topological polar surface area (TPSA) is 61.4 Å². The number of hydrogen-bond donors (Lipinski definition) is 3. The van der Waals surface area contributed by atoms with E-state index in [4.69, 9.17) is 9.90 Å². The van der Waals surface area contributed by atoms with Gasteiger partial charge in [-0.2, -0.15) is 13.2 Å². The van der Waals surface area contributed by atoms with Gasteiger partial charge in [-0.1, -0.05) is 0 Å². The molecule has 82 valence electrons. The zero-order valence-electron chi connectivity index (χ0n) is 7.32. The molecule has 0 saturated carbocycles. The van der Waals surface area contributed by atoms with Gasteiger partial charge in [-0.25, -0.2) is 4.79 Å². The molecule has 2 saturated heterocycles. The largest absolute Gasteiger partial charge is 0.490 e. The Hall–Kier alpha value is -0.820. The molecule has 0 aromatic rings. The second kappa shape index (κ2) is 3.74. The second-order valence-corrected chi connectivity index (χ2v) is 3.51. The summed E-state index contributed by atoms with van der Waals surface area (Å²) in [4.78, 5) is 8.90. The number of carboxylic acid groups (broad SMARTS) is 1. The number of carboxylic acids is 1. The summed E-state index contributed by atoms with van der Waals surface area (Å²) >= 11 is 0. The van der Waals surface area contributed by atoms with Gasteiger partial charge in [0.25, 0.3) is 0 Å². The predicted octanol–water partition coefficient (Wildman–Crippen LogP) is -0.188. The van der Waals surface area contributed by atoms with Crippen molar-refractivity contribution in [1.29, 1.82) is 0 Å². The summed E-state index contributed by atoms with van der Waals surface area (Å²) in [5, 5.41) is 13.7. The van der Waals surface area contributed by atoms with E-state index in [2.05, 4.69) is 10.6 Å². The highest BCUT2D eigenvalue weighted by Crippen LogP contribution is 2.25. The van der Waals surface area contributed by atoms with Crippen LogP contribution in [0.15, 0.2) is 0 Å². The maximum Gasteiger partial charge on any atom is 0.490 e. The summed E-state index contributed by atoms with van der Waals surface area (Å²) in [6.07, 6.45) is -5.08. The Bertz CT molecular complexity index is 206. The normalized spacial score (nSPS) is 22.8. The second-order valence-electron chi connectivity index (χ2n) is 3.51. The first kappa shape index (κ1) is 11.3. The van der Waals surface area contributed by atoms with E-state index in [9.17, 15) is 13.2 Å². The molecule has 4 nitrogen and oxygen atoms in total. The maximum atomic E-state index is 10.6. The van der Waals surface area contributed by atoms with Gasteiger partial charge in [0.2, 0.25) is 0 Å². The molecule has 2 aliphatic heterocycles. The lowest BCUT2D eigenvalue weighted by Crippen LogP contribution is -2.69. The van der Waals surface area contributed by atoms with Gasteiger partial charge in [0, 0.05) is 31.6 Å². The Balaban J connectivity index is 0.000000140. The molecule has 0 bridgehead atoms. The van der Waals surface area contributed by atoms with Crippen molar-refractivity contribution in [3.63, 3.8) is 0 Å². The minimum absolute atomic E-state index is 0.722. The fraction of sp³-hybridized carbons (Fsp3) is 0.857. The Morgan fingerprint density at radius 3 is 1.43 bits per heavy atom. The number of nitrogens with one attached hydrogen (secondary N) is 2. The molecule has 14 heavy (non-hydrogen) atoms. The SMILES string of the molecule is C1NCC12CNC2.O=C(O)C(F)(F)F. The predicted molar refractivity (Wildman–Crippen MR) is 41.9 cm³/mol. The standard InChI is InChI=1S/C5H10N2.C2HF3O2/c1-5(2-6-1)3-7-4-5;3-2(4,5)1(6)7/h6-7H,1-4H2;(H,6,7). The molecule has 0 unspecified atom stereocenters. The molecule has 2 aliphatic rings. The first-order valence-corrected chi connectivity index (χ1v) is 4.07. The van der Waals surface area contributed by atoms with Crippen molar-refractivity contribution >= 4 is 5.97 Å². The maximum absolute atomic E-state index is 10.6. The highest BCUT2D eigenvalue weighted by Gasteiger charge is 2.42. The first-order chi connectivity index (χ1) is 6.36. The fourth-order valence-corrected chi connectivity index (χ4v) is 1.21. The van der Waals surface area contributed by atoms with Crippen LogP contribution in [0.5, 0.6) is 0 Å². The Morgan fingerprint density at radius 1 is 1.14 bits per heavy atom. The number of rotatable bonds is 0. The third-order valence-corrected chi connectivity index (χ3v) is 2.24. The van der Waals surface area contributed by atoms with E-state index in [0.29, 0.717) is 0 Å². The van der Waals surface area contributed by atoms with Gasteiger partial charge in [0.15, 0.2) is 0 Å². The third-order valence-electron chi connectivity index (χ3n) is 2.24.